The van der Waals surface area contributed by atoms with Gasteiger partial charge in [0.2, 0.25) is 0 Å². The predicted molar refractivity (Wildman–Crippen MR) is 93.6 cm³/mol. The number of thioether (sulfide) groups is 1. The predicted octanol–water partition coefficient (Wildman–Crippen LogP) is 3.28. The zero-order valence-electron chi connectivity index (χ0n) is 12.7. The summed E-state index contributed by atoms with van der Waals surface area (Å²) in [5.41, 5.74) is 5.52. The van der Waals surface area contributed by atoms with Gasteiger partial charge in [0.25, 0.3) is 5.91 Å². The zero-order chi connectivity index (χ0) is 15.8. The first kappa shape index (κ1) is 16.1. The molecule has 2 rings (SSSR count). The van der Waals surface area contributed by atoms with Crippen molar-refractivity contribution in [2.24, 2.45) is 5.10 Å². The average Bonchev–Trinajstić information content (AvgIpc) is 2.55. The SMILES string of the molecule is CSc1ccc(C=NNC(=O)CNc2ccccc2C)cc1. The number of carbonyl (C=O) groups excluding carboxylic acids is 1. The molecule has 0 saturated heterocycles. The maximum absolute atomic E-state index is 11.7. The van der Waals surface area contributed by atoms with E-state index in [9.17, 15) is 4.79 Å². The maximum Gasteiger partial charge on any atom is 0.259 e. The molecule has 0 aliphatic rings. The molecule has 1 amide bonds. The number of nitrogens with zero attached hydrogens (tertiary/aromatic N) is 1. The number of anilines is 1. The van der Waals surface area contributed by atoms with Gasteiger partial charge in [0.05, 0.1) is 12.8 Å². The van der Waals surface area contributed by atoms with Crippen LogP contribution in [-0.2, 0) is 4.79 Å². The average molecular weight is 313 g/mol. The van der Waals surface area contributed by atoms with Gasteiger partial charge in [-0.05, 0) is 42.5 Å². The fourth-order valence-corrected chi connectivity index (χ4v) is 2.26. The number of benzene rings is 2. The summed E-state index contributed by atoms with van der Waals surface area (Å²) in [5.74, 6) is -0.180. The fraction of sp³-hybridized carbons (Fsp3) is 0.176. The molecule has 0 spiro atoms. The summed E-state index contributed by atoms with van der Waals surface area (Å²) >= 11 is 1.69. The van der Waals surface area contributed by atoms with Gasteiger partial charge in [-0.3, -0.25) is 4.79 Å². The van der Waals surface area contributed by atoms with Crippen LogP contribution in [0.2, 0.25) is 0 Å². The van der Waals surface area contributed by atoms with Crippen LogP contribution in [0.15, 0.2) is 58.5 Å². The molecule has 0 radical (unpaired) electrons. The lowest BCUT2D eigenvalue weighted by molar-refractivity contribution is -0.119. The normalized spacial score (nSPS) is 10.6. The lowest BCUT2D eigenvalue weighted by atomic mass is 10.2. The number of para-hydroxylation sites is 1. The van der Waals surface area contributed by atoms with E-state index in [0.717, 1.165) is 16.8 Å². The van der Waals surface area contributed by atoms with Gasteiger partial charge < -0.3 is 5.32 Å². The standard InChI is InChI=1S/C17H19N3OS/c1-13-5-3-4-6-16(13)18-12-17(21)20-19-11-14-7-9-15(22-2)10-8-14/h3-11,18H,12H2,1-2H3,(H,20,21). The van der Waals surface area contributed by atoms with E-state index in [4.69, 9.17) is 0 Å². The van der Waals surface area contributed by atoms with Crippen molar-refractivity contribution in [2.75, 3.05) is 18.1 Å². The Morgan fingerprint density at radius 2 is 1.91 bits per heavy atom. The van der Waals surface area contributed by atoms with E-state index in [1.165, 1.54) is 4.90 Å². The summed E-state index contributed by atoms with van der Waals surface area (Å²) in [6.45, 7) is 2.18. The van der Waals surface area contributed by atoms with Gasteiger partial charge in [0, 0.05) is 10.6 Å². The molecule has 2 aromatic rings. The number of rotatable bonds is 6. The van der Waals surface area contributed by atoms with Gasteiger partial charge >= 0.3 is 0 Å². The molecular formula is C17H19N3OS. The van der Waals surface area contributed by atoms with Crippen molar-refractivity contribution in [3.8, 4) is 0 Å². The summed E-state index contributed by atoms with van der Waals surface area (Å²) in [7, 11) is 0. The van der Waals surface area contributed by atoms with Crippen molar-refractivity contribution >= 4 is 29.6 Å². The molecule has 0 aliphatic heterocycles. The van der Waals surface area contributed by atoms with Crippen molar-refractivity contribution in [1.29, 1.82) is 0 Å². The molecule has 2 N–H and O–H groups in total. The minimum absolute atomic E-state index is 0.180. The first-order valence-corrected chi connectivity index (χ1v) is 8.17. The molecule has 0 atom stereocenters. The number of aryl methyl sites for hydroxylation is 1. The van der Waals surface area contributed by atoms with E-state index in [1.807, 2.05) is 61.7 Å². The Labute approximate surface area is 135 Å². The second-order valence-electron chi connectivity index (χ2n) is 4.73. The Morgan fingerprint density at radius 3 is 2.59 bits per heavy atom. The van der Waals surface area contributed by atoms with Gasteiger partial charge in [0.15, 0.2) is 0 Å². The minimum atomic E-state index is -0.180. The fourth-order valence-electron chi connectivity index (χ4n) is 1.86. The minimum Gasteiger partial charge on any atom is -0.376 e. The van der Waals surface area contributed by atoms with Gasteiger partial charge in [-0.25, -0.2) is 5.43 Å². The van der Waals surface area contributed by atoms with E-state index >= 15 is 0 Å². The largest absolute Gasteiger partial charge is 0.376 e. The highest BCUT2D eigenvalue weighted by Gasteiger charge is 2.01. The van der Waals surface area contributed by atoms with Crippen LogP contribution in [0.5, 0.6) is 0 Å². The second-order valence-corrected chi connectivity index (χ2v) is 5.61. The van der Waals surface area contributed by atoms with Crippen LogP contribution >= 0.6 is 11.8 Å². The summed E-state index contributed by atoms with van der Waals surface area (Å²) in [6.07, 6.45) is 3.67. The van der Waals surface area contributed by atoms with E-state index in [1.54, 1.807) is 18.0 Å². The Balaban J connectivity index is 1.79. The van der Waals surface area contributed by atoms with Crippen molar-refractivity contribution in [3.63, 3.8) is 0 Å². The molecule has 0 saturated carbocycles. The van der Waals surface area contributed by atoms with Crippen molar-refractivity contribution in [1.82, 2.24) is 5.43 Å². The number of carbonyl (C=O) groups is 1. The molecule has 0 bridgehead atoms. The van der Waals surface area contributed by atoms with Crippen molar-refractivity contribution in [2.45, 2.75) is 11.8 Å². The van der Waals surface area contributed by atoms with Gasteiger partial charge in [-0.15, -0.1) is 11.8 Å². The highest BCUT2D eigenvalue weighted by Crippen LogP contribution is 2.14. The number of amides is 1. The van der Waals surface area contributed by atoms with Gasteiger partial charge in [-0.2, -0.15) is 5.10 Å². The van der Waals surface area contributed by atoms with Crippen molar-refractivity contribution < 1.29 is 4.79 Å². The van der Waals surface area contributed by atoms with E-state index in [0.29, 0.717) is 0 Å². The van der Waals surface area contributed by atoms with Crippen molar-refractivity contribution in [3.05, 3.63) is 59.7 Å². The van der Waals surface area contributed by atoms with Crippen LogP contribution in [-0.4, -0.2) is 24.9 Å². The third kappa shape index (κ3) is 4.93. The van der Waals surface area contributed by atoms with Crippen LogP contribution in [0, 0.1) is 6.92 Å². The molecule has 114 valence electrons. The second kappa shape index (κ2) is 8.24. The zero-order valence-corrected chi connectivity index (χ0v) is 13.5. The van der Waals surface area contributed by atoms with Gasteiger partial charge in [-0.1, -0.05) is 30.3 Å². The van der Waals surface area contributed by atoms with Crippen LogP contribution in [0.1, 0.15) is 11.1 Å². The smallest absolute Gasteiger partial charge is 0.259 e. The molecule has 22 heavy (non-hydrogen) atoms. The van der Waals surface area contributed by atoms with E-state index in [-0.39, 0.29) is 12.5 Å². The lowest BCUT2D eigenvalue weighted by Gasteiger charge is -2.07. The topological polar surface area (TPSA) is 53.5 Å². The summed E-state index contributed by atoms with van der Waals surface area (Å²) in [4.78, 5) is 12.9. The molecule has 5 heteroatoms. The summed E-state index contributed by atoms with van der Waals surface area (Å²) in [5, 5.41) is 7.05. The molecule has 4 nitrogen and oxygen atoms in total. The van der Waals surface area contributed by atoms with E-state index in [2.05, 4.69) is 15.8 Å². The number of hydrogen-bond donors (Lipinski definition) is 2. The Hall–Kier alpha value is -2.27. The van der Waals surface area contributed by atoms with Crippen LogP contribution in [0.4, 0.5) is 5.69 Å². The molecule has 0 aliphatic carbocycles. The Kier molecular flexibility index (Phi) is 6.03. The number of nitrogens with one attached hydrogen (secondary N) is 2. The highest BCUT2D eigenvalue weighted by molar-refractivity contribution is 7.98. The molecule has 0 unspecified atom stereocenters. The summed E-state index contributed by atoms with van der Waals surface area (Å²) < 4.78 is 0. The molecule has 0 aromatic heterocycles. The van der Waals surface area contributed by atoms with Crippen LogP contribution in [0.3, 0.4) is 0 Å². The number of hydrazone groups is 1. The van der Waals surface area contributed by atoms with Crippen LogP contribution < -0.4 is 10.7 Å². The summed E-state index contributed by atoms with van der Waals surface area (Å²) in [6, 6.07) is 15.8. The quantitative estimate of drug-likeness (QED) is 0.489. The third-order valence-electron chi connectivity index (χ3n) is 3.10. The van der Waals surface area contributed by atoms with Crippen LogP contribution in [0.25, 0.3) is 0 Å². The lowest BCUT2D eigenvalue weighted by Crippen LogP contribution is -2.26. The molecule has 0 heterocycles. The third-order valence-corrected chi connectivity index (χ3v) is 3.85. The first-order chi connectivity index (χ1) is 10.7. The molecular weight excluding hydrogens is 294 g/mol. The number of hydrogen-bond acceptors (Lipinski definition) is 4. The van der Waals surface area contributed by atoms with E-state index < -0.39 is 0 Å². The molecule has 2 aromatic carbocycles. The Morgan fingerprint density at radius 1 is 1.18 bits per heavy atom. The van der Waals surface area contributed by atoms with Gasteiger partial charge in [0.1, 0.15) is 0 Å². The monoisotopic (exact) mass is 313 g/mol. The highest BCUT2D eigenvalue weighted by atomic mass is 32.2. The molecule has 0 fully saturated rings. The Bertz CT molecular complexity index is 653. The first-order valence-electron chi connectivity index (χ1n) is 6.94. The maximum atomic E-state index is 11.7.